The predicted octanol–water partition coefficient (Wildman–Crippen LogP) is 1.24. The fourth-order valence-electron chi connectivity index (χ4n) is 0.981. The van der Waals surface area contributed by atoms with Crippen LogP contribution in [0, 0.1) is 0 Å². The van der Waals surface area contributed by atoms with E-state index >= 15 is 0 Å². The smallest absolute Gasteiger partial charge is 0.247 e. The zero-order valence-electron chi connectivity index (χ0n) is 6.69. The van der Waals surface area contributed by atoms with Crippen LogP contribution < -0.4 is 5.73 Å². The van der Waals surface area contributed by atoms with Gasteiger partial charge in [-0.3, -0.25) is 0 Å². The summed E-state index contributed by atoms with van der Waals surface area (Å²) >= 11 is 0. The maximum absolute atomic E-state index is 5.59. The highest BCUT2D eigenvalue weighted by Gasteiger charge is 2.08. The third-order valence-corrected chi connectivity index (χ3v) is 1.57. The Labute approximate surface area is 69.4 Å². The Morgan fingerprint density at radius 3 is 3.08 bits per heavy atom. The molecule has 2 N–H and O–H groups in total. The molecule has 2 aromatic rings. The van der Waals surface area contributed by atoms with Crippen LogP contribution in [0.2, 0.25) is 0 Å². The van der Waals surface area contributed by atoms with E-state index in [4.69, 9.17) is 10.2 Å². The molecular weight excluding hydrogens is 154 g/mol. The van der Waals surface area contributed by atoms with Crippen LogP contribution in [-0.2, 0) is 0 Å². The highest BCUT2D eigenvalue weighted by molar-refractivity contribution is 5.67. The normalized spacial score (nSPS) is 13.5. The largest absolute Gasteiger partial charge is 0.421 e. The molecule has 0 aliphatic carbocycles. The van der Waals surface area contributed by atoms with E-state index in [0.717, 1.165) is 5.52 Å². The number of aromatic nitrogens is 2. The van der Waals surface area contributed by atoms with Gasteiger partial charge in [-0.25, -0.2) is 9.97 Å². The summed E-state index contributed by atoms with van der Waals surface area (Å²) in [4.78, 5) is 8.16. The van der Waals surface area contributed by atoms with Crippen molar-refractivity contribution in [3.05, 3.63) is 24.2 Å². The van der Waals surface area contributed by atoms with Gasteiger partial charge in [0.05, 0.1) is 6.04 Å². The fourth-order valence-corrected chi connectivity index (χ4v) is 0.981. The summed E-state index contributed by atoms with van der Waals surface area (Å²) in [6, 6.07) is 3.48. The quantitative estimate of drug-likeness (QED) is 0.686. The molecule has 4 nitrogen and oxygen atoms in total. The van der Waals surface area contributed by atoms with E-state index in [9.17, 15) is 0 Å². The van der Waals surface area contributed by atoms with Crippen LogP contribution >= 0.6 is 0 Å². The van der Waals surface area contributed by atoms with Crippen LogP contribution in [0.3, 0.4) is 0 Å². The topological polar surface area (TPSA) is 64.9 Å². The van der Waals surface area contributed by atoms with Crippen LogP contribution in [0.5, 0.6) is 0 Å². The van der Waals surface area contributed by atoms with Gasteiger partial charge in [-0.2, -0.15) is 0 Å². The van der Waals surface area contributed by atoms with Crippen LogP contribution in [0.25, 0.3) is 11.2 Å². The third kappa shape index (κ3) is 1.06. The molecule has 0 aliphatic heterocycles. The average Bonchev–Trinajstić information content (AvgIpc) is 2.46. The zero-order chi connectivity index (χ0) is 8.55. The van der Waals surface area contributed by atoms with Gasteiger partial charge in [0.25, 0.3) is 0 Å². The molecular formula is C8H9N3O. The van der Waals surface area contributed by atoms with Gasteiger partial charge in [-0.15, -0.1) is 0 Å². The van der Waals surface area contributed by atoms with E-state index in [1.54, 1.807) is 6.20 Å². The third-order valence-electron chi connectivity index (χ3n) is 1.57. The first-order chi connectivity index (χ1) is 5.77. The van der Waals surface area contributed by atoms with E-state index in [2.05, 4.69) is 9.97 Å². The lowest BCUT2D eigenvalue weighted by Gasteiger charge is -1.93. The number of oxazole rings is 1. The maximum Gasteiger partial charge on any atom is 0.247 e. The molecule has 4 heteroatoms. The number of fused-ring (bicyclic) bond motifs is 1. The van der Waals surface area contributed by atoms with Crippen molar-refractivity contribution in [2.75, 3.05) is 0 Å². The molecule has 0 saturated heterocycles. The van der Waals surface area contributed by atoms with E-state index in [1.807, 2.05) is 19.1 Å². The van der Waals surface area contributed by atoms with Crippen molar-refractivity contribution in [1.29, 1.82) is 0 Å². The number of rotatable bonds is 1. The van der Waals surface area contributed by atoms with Crippen molar-refractivity contribution in [2.24, 2.45) is 5.73 Å². The summed E-state index contributed by atoms with van der Waals surface area (Å²) in [5.74, 6) is 0.531. The summed E-state index contributed by atoms with van der Waals surface area (Å²) in [6.45, 7) is 1.82. The van der Waals surface area contributed by atoms with Crippen molar-refractivity contribution in [1.82, 2.24) is 9.97 Å². The number of pyridine rings is 1. The highest BCUT2D eigenvalue weighted by atomic mass is 16.4. The summed E-state index contributed by atoms with van der Waals surface area (Å²) < 4.78 is 5.28. The minimum atomic E-state index is -0.181. The van der Waals surface area contributed by atoms with Crippen molar-refractivity contribution in [2.45, 2.75) is 13.0 Å². The van der Waals surface area contributed by atoms with Crippen LogP contribution in [-0.4, -0.2) is 9.97 Å². The molecule has 0 fully saturated rings. The first-order valence-electron chi connectivity index (χ1n) is 3.74. The van der Waals surface area contributed by atoms with E-state index in [0.29, 0.717) is 11.6 Å². The van der Waals surface area contributed by atoms with Crippen molar-refractivity contribution >= 4 is 11.2 Å². The SMILES string of the molecule is C[C@H](N)c1nc2cccnc2o1. The zero-order valence-corrected chi connectivity index (χ0v) is 6.69. The molecule has 0 amide bonds. The molecule has 2 heterocycles. The van der Waals surface area contributed by atoms with Crippen molar-refractivity contribution in [3.8, 4) is 0 Å². The minimum Gasteiger partial charge on any atom is -0.421 e. The van der Waals surface area contributed by atoms with Gasteiger partial charge in [-0.1, -0.05) is 0 Å². The molecule has 2 rings (SSSR count). The second-order valence-corrected chi connectivity index (χ2v) is 2.67. The van der Waals surface area contributed by atoms with Gasteiger partial charge >= 0.3 is 0 Å². The van der Waals surface area contributed by atoms with E-state index < -0.39 is 0 Å². The average molecular weight is 163 g/mol. The lowest BCUT2D eigenvalue weighted by molar-refractivity contribution is 0.486. The van der Waals surface area contributed by atoms with Crippen molar-refractivity contribution < 1.29 is 4.42 Å². The molecule has 0 aliphatic rings. The van der Waals surface area contributed by atoms with E-state index in [-0.39, 0.29) is 6.04 Å². The van der Waals surface area contributed by atoms with Crippen LogP contribution in [0.1, 0.15) is 18.9 Å². The Bertz CT molecular complexity index is 361. The first-order valence-corrected chi connectivity index (χ1v) is 3.74. The molecule has 62 valence electrons. The Balaban J connectivity index is 2.62. The van der Waals surface area contributed by atoms with Crippen molar-refractivity contribution in [3.63, 3.8) is 0 Å². The maximum atomic E-state index is 5.59. The summed E-state index contributed by atoms with van der Waals surface area (Å²) in [5, 5.41) is 0. The highest BCUT2D eigenvalue weighted by Crippen LogP contribution is 2.15. The summed E-state index contributed by atoms with van der Waals surface area (Å²) in [7, 11) is 0. The second-order valence-electron chi connectivity index (χ2n) is 2.67. The predicted molar refractivity (Wildman–Crippen MR) is 44.4 cm³/mol. The first kappa shape index (κ1) is 7.24. The van der Waals surface area contributed by atoms with Gasteiger partial charge in [-0.05, 0) is 19.1 Å². The molecule has 0 bridgehead atoms. The Kier molecular flexibility index (Phi) is 1.55. The molecule has 1 atom stereocenters. The number of hydrogen-bond donors (Lipinski definition) is 1. The summed E-state index contributed by atoms with van der Waals surface area (Å²) in [6.07, 6.45) is 1.67. The van der Waals surface area contributed by atoms with Gasteiger partial charge in [0.2, 0.25) is 11.6 Å². The lowest BCUT2D eigenvalue weighted by Crippen LogP contribution is -2.04. The van der Waals surface area contributed by atoms with Crippen LogP contribution in [0.15, 0.2) is 22.7 Å². The second kappa shape index (κ2) is 2.57. The van der Waals surface area contributed by atoms with E-state index in [1.165, 1.54) is 0 Å². The standard InChI is InChI=1S/C8H9N3O/c1-5(9)7-11-6-3-2-4-10-8(6)12-7/h2-5H,9H2,1H3/t5-/m0/s1. The molecule has 0 aromatic carbocycles. The molecule has 0 unspecified atom stereocenters. The van der Waals surface area contributed by atoms with Gasteiger partial charge in [0.15, 0.2) is 0 Å². The van der Waals surface area contributed by atoms with Gasteiger partial charge < -0.3 is 10.2 Å². The fraction of sp³-hybridized carbons (Fsp3) is 0.250. The van der Waals surface area contributed by atoms with Crippen LogP contribution in [0.4, 0.5) is 0 Å². The molecule has 12 heavy (non-hydrogen) atoms. The number of nitrogens with two attached hydrogens (primary N) is 1. The lowest BCUT2D eigenvalue weighted by atomic mass is 10.4. The number of nitrogens with zero attached hydrogens (tertiary/aromatic N) is 2. The van der Waals surface area contributed by atoms with Gasteiger partial charge in [0.1, 0.15) is 5.52 Å². The molecule has 2 aromatic heterocycles. The Morgan fingerprint density at radius 1 is 1.58 bits per heavy atom. The minimum absolute atomic E-state index is 0.181. The molecule has 0 saturated carbocycles. The number of hydrogen-bond acceptors (Lipinski definition) is 4. The monoisotopic (exact) mass is 163 g/mol. The summed E-state index contributed by atoms with van der Waals surface area (Å²) in [5.41, 5.74) is 6.89. The molecule has 0 radical (unpaired) electrons. The Morgan fingerprint density at radius 2 is 2.42 bits per heavy atom. The Hall–Kier alpha value is -1.42. The van der Waals surface area contributed by atoms with Gasteiger partial charge in [0, 0.05) is 6.20 Å². The molecule has 0 spiro atoms.